The summed E-state index contributed by atoms with van der Waals surface area (Å²) in [6.07, 6.45) is 6.69. The fourth-order valence-corrected chi connectivity index (χ4v) is 4.58. The molecule has 0 radical (unpaired) electrons. The van der Waals surface area contributed by atoms with E-state index >= 15 is 0 Å². The number of anilines is 1. The van der Waals surface area contributed by atoms with Crippen LogP contribution >= 0.6 is 11.3 Å². The van der Waals surface area contributed by atoms with Gasteiger partial charge in [0.15, 0.2) is 5.01 Å². The van der Waals surface area contributed by atoms with Gasteiger partial charge in [-0.05, 0) is 50.9 Å². The molecule has 0 aliphatic carbocycles. The summed E-state index contributed by atoms with van der Waals surface area (Å²) >= 11 is 1.34. The minimum Gasteiger partial charge on any atom is -0.465 e. The number of pyridine rings is 1. The second kappa shape index (κ2) is 9.06. The number of furan rings is 1. The van der Waals surface area contributed by atoms with Crippen molar-refractivity contribution in [1.29, 1.82) is 0 Å². The average Bonchev–Trinajstić information content (AvgIpc) is 3.44. The van der Waals surface area contributed by atoms with Gasteiger partial charge in [-0.15, -0.1) is 10.2 Å². The number of hydrogen-bond donors (Lipinski definition) is 1. The van der Waals surface area contributed by atoms with E-state index in [2.05, 4.69) is 39.2 Å². The number of rotatable bonds is 7. The lowest BCUT2D eigenvalue weighted by Gasteiger charge is -2.16. The van der Waals surface area contributed by atoms with E-state index in [-0.39, 0.29) is 5.91 Å². The Morgan fingerprint density at radius 2 is 2.10 bits per heavy atom. The number of aromatic nitrogens is 3. The van der Waals surface area contributed by atoms with Crippen LogP contribution < -0.4 is 5.32 Å². The summed E-state index contributed by atoms with van der Waals surface area (Å²) in [6.45, 7) is 9.08. The van der Waals surface area contributed by atoms with Crippen LogP contribution in [-0.2, 0) is 13.0 Å². The van der Waals surface area contributed by atoms with Crippen molar-refractivity contribution in [2.45, 2.75) is 46.6 Å². The molecule has 3 aromatic heterocycles. The SMILES string of the molecule is Cc1oc(CC(C)C)c(CN2CCCC2)c1C(=O)Nc1nnc(-c2cccnc2)s1. The summed E-state index contributed by atoms with van der Waals surface area (Å²) in [6, 6.07) is 3.77. The van der Waals surface area contributed by atoms with Gasteiger partial charge in [-0.3, -0.25) is 20.0 Å². The number of amides is 1. The molecule has 0 unspecified atom stereocenters. The third-order valence-electron chi connectivity index (χ3n) is 5.22. The number of carbonyl (C=O) groups excluding carboxylic acids is 1. The van der Waals surface area contributed by atoms with Crippen LogP contribution in [0.3, 0.4) is 0 Å². The predicted molar refractivity (Wildman–Crippen MR) is 118 cm³/mol. The maximum atomic E-state index is 13.2. The Hall–Kier alpha value is -2.58. The van der Waals surface area contributed by atoms with Crippen LogP contribution in [0, 0.1) is 12.8 Å². The Kier molecular flexibility index (Phi) is 6.24. The lowest BCUT2D eigenvalue weighted by Crippen LogP contribution is -2.22. The van der Waals surface area contributed by atoms with Gasteiger partial charge in [-0.1, -0.05) is 25.2 Å². The quantitative estimate of drug-likeness (QED) is 0.598. The Bertz CT molecular complexity index is 1010. The van der Waals surface area contributed by atoms with Gasteiger partial charge < -0.3 is 4.42 Å². The molecule has 3 aromatic rings. The second-order valence-corrected chi connectivity index (χ2v) is 9.10. The number of hydrogen-bond acceptors (Lipinski definition) is 7. The number of nitrogens with one attached hydrogen (secondary N) is 1. The van der Waals surface area contributed by atoms with Crippen molar-refractivity contribution in [3.05, 3.63) is 47.2 Å². The van der Waals surface area contributed by atoms with Crippen molar-refractivity contribution in [2.24, 2.45) is 5.92 Å². The number of nitrogens with zero attached hydrogens (tertiary/aromatic N) is 4. The van der Waals surface area contributed by atoms with Gasteiger partial charge >= 0.3 is 0 Å². The Labute approximate surface area is 180 Å². The smallest absolute Gasteiger partial charge is 0.261 e. The number of carbonyl (C=O) groups is 1. The molecule has 1 amide bonds. The number of aryl methyl sites for hydroxylation is 1. The first-order chi connectivity index (χ1) is 14.5. The zero-order chi connectivity index (χ0) is 21.1. The maximum Gasteiger partial charge on any atom is 0.261 e. The molecule has 1 saturated heterocycles. The molecular weight excluding hydrogens is 398 g/mol. The van der Waals surface area contributed by atoms with Gasteiger partial charge in [0.25, 0.3) is 5.91 Å². The lowest BCUT2D eigenvalue weighted by molar-refractivity contribution is 0.102. The topological polar surface area (TPSA) is 84.2 Å². The lowest BCUT2D eigenvalue weighted by atomic mass is 10.0. The van der Waals surface area contributed by atoms with Crippen molar-refractivity contribution in [3.63, 3.8) is 0 Å². The van der Waals surface area contributed by atoms with Gasteiger partial charge in [0.05, 0.1) is 5.56 Å². The molecule has 0 bridgehead atoms. The molecule has 0 saturated carbocycles. The fourth-order valence-electron chi connectivity index (χ4n) is 3.85. The van der Waals surface area contributed by atoms with Crippen LogP contribution in [0.1, 0.15) is 54.1 Å². The van der Waals surface area contributed by atoms with Crippen LogP contribution in [0.5, 0.6) is 0 Å². The molecule has 7 nitrogen and oxygen atoms in total. The maximum absolute atomic E-state index is 13.2. The van der Waals surface area contributed by atoms with Crippen LogP contribution in [0.25, 0.3) is 10.6 Å². The summed E-state index contributed by atoms with van der Waals surface area (Å²) in [5, 5.41) is 12.5. The largest absolute Gasteiger partial charge is 0.465 e. The fraction of sp³-hybridized carbons (Fsp3) is 0.455. The van der Waals surface area contributed by atoms with Crippen LogP contribution in [0.4, 0.5) is 5.13 Å². The average molecular weight is 426 g/mol. The third-order valence-corrected chi connectivity index (χ3v) is 6.11. The van der Waals surface area contributed by atoms with Crippen molar-refractivity contribution in [2.75, 3.05) is 18.4 Å². The van der Waals surface area contributed by atoms with Gasteiger partial charge in [-0.25, -0.2) is 0 Å². The van der Waals surface area contributed by atoms with E-state index in [1.807, 2.05) is 19.1 Å². The molecule has 4 heterocycles. The molecule has 1 aliphatic rings. The molecule has 8 heteroatoms. The molecule has 158 valence electrons. The molecule has 1 aliphatic heterocycles. The van der Waals surface area contributed by atoms with Crippen molar-refractivity contribution in [3.8, 4) is 10.6 Å². The van der Waals surface area contributed by atoms with E-state index < -0.39 is 0 Å². The van der Waals surface area contributed by atoms with Gasteiger partial charge in [0.2, 0.25) is 5.13 Å². The summed E-state index contributed by atoms with van der Waals surface area (Å²) in [4.78, 5) is 19.7. The molecule has 0 atom stereocenters. The highest BCUT2D eigenvalue weighted by atomic mass is 32.1. The predicted octanol–water partition coefficient (Wildman–Crippen LogP) is 4.55. The second-order valence-electron chi connectivity index (χ2n) is 8.12. The highest BCUT2D eigenvalue weighted by molar-refractivity contribution is 7.18. The molecular formula is C22H27N5O2S. The zero-order valence-corrected chi connectivity index (χ0v) is 18.5. The molecule has 0 spiro atoms. The summed E-state index contributed by atoms with van der Waals surface area (Å²) in [7, 11) is 0. The van der Waals surface area contributed by atoms with Gasteiger partial charge in [0.1, 0.15) is 11.5 Å². The van der Waals surface area contributed by atoms with E-state index in [9.17, 15) is 4.79 Å². The van der Waals surface area contributed by atoms with Crippen molar-refractivity contribution in [1.82, 2.24) is 20.1 Å². The summed E-state index contributed by atoms with van der Waals surface area (Å²) < 4.78 is 6.07. The van der Waals surface area contributed by atoms with Crippen molar-refractivity contribution < 1.29 is 9.21 Å². The van der Waals surface area contributed by atoms with E-state index in [1.54, 1.807) is 12.4 Å². The first kappa shape index (κ1) is 20.7. The van der Waals surface area contributed by atoms with Crippen molar-refractivity contribution >= 4 is 22.4 Å². The molecule has 1 fully saturated rings. The first-order valence-corrected chi connectivity index (χ1v) is 11.2. The Morgan fingerprint density at radius 1 is 1.30 bits per heavy atom. The molecule has 0 aromatic carbocycles. The summed E-state index contributed by atoms with van der Waals surface area (Å²) in [5.74, 6) is 1.85. The van der Waals surface area contributed by atoms with E-state index in [0.29, 0.717) is 22.4 Å². The first-order valence-electron chi connectivity index (χ1n) is 10.4. The van der Waals surface area contributed by atoms with Crippen LogP contribution in [0.15, 0.2) is 28.9 Å². The Balaban J connectivity index is 1.58. The van der Waals surface area contributed by atoms with E-state index in [0.717, 1.165) is 47.9 Å². The number of likely N-dealkylation sites (tertiary alicyclic amines) is 1. The minimum absolute atomic E-state index is 0.186. The van der Waals surface area contributed by atoms with E-state index in [1.165, 1.54) is 24.2 Å². The summed E-state index contributed by atoms with van der Waals surface area (Å²) in [5.41, 5.74) is 2.53. The van der Waals surface area contributed by atoms with Crippen LogP contribution in [0.2, 0.25) is 0 Å². The van der Waals surface area contributed by atoms with Gasteiger partial charge in [0, 0.05) is 36.5 Å². The molecule has 30 heavy (non-hydrogen) atoms. The monoisotopic (exact) mass is 425 g/mol. The molecule has 1 N–H and O–H groups in total. The highest BCUT2D eigenvalue weighted by Gasteiger charge is 2.27. The third kappa shape index (κ3) is 4.60. The highest BCUT2D eigenvalue weighted by Crippen LogP contribution is 2.30. The standard InChI is InChI=1S/C22H27N5O2S/c1-14(2)11-18-17(13-27-9-4-5-10-27)19(15(3)29-18)20(28)24-22-26-25-21(30-22)16-7-6-8-23-12-16/h6-8,12,14H,4-5,9-11,13H2,1-3H3,(H,24,26,28). The van der Waals surface area contributed by atoms with Crippen LogP contribution in [-0.4, -0.2) is 39.1 Å². The van der Waals surface area contributed by atoms with Gasteiger partial charge in [-0.2, -0.15) is 0 Å². The Morgan fingerprint density at radius 3 is 2.80 bits per heavy atom. The zero-order valence-electron chi connectivity index (χ0n) is 17.6. The van der Waals surface area contributed by atoms with E-state index in [4.69, 9.17) is 4.42 Å². The molecule has 4 rings (SSSR count). The minimum atomic E-state index is -0.186. The normalized spacial score (nSPS) is 14.5.